The molecule has 27 heavy (non-hydrogen) atoms. The fourth-order valence-corrected chi connectivity index (χ4v) is 2.72. The van der Waals surface area contributed by atoms with Crippen LogP contribution in [0.25, 0.3) is 0 Å². The van der Waals surface area contributed by atoms with Gasteiger partial charge < -0.3 is 14.2 Å². The second-order valence-electron chi connectivity index (χ2n) is 6.10. The average Bonchev–Trinajstić information content (AvgIpc) is 2.70. The maximum atomic E-state index is 12.3. The molecule has 2 unspecified atom stereocenters. The van der Waals surface area contributed by atoms with Gasteiger partial charge in [-0.05, 0) is 37.1 Å². The third-order valence-corrected chi connectivity index (χ3v) is 4.14. The Morgan fingerprint density at radius 2 is 1.67 bits per heavy atom. The number of hydrazine groups is 1. The van der Waals surface area contributed by atoms with Gasteiger partial charge in [0.1, 0.15) is 11.9 Å². The highest BCUT2D eigenvalue weighted by molar-refractivity contribution is 5.86. The van der Waals surface area contributed by atoms with Gasteiger partial charge in [0.15, 0.2) is 18.1 Å². The number of carbonyl (C=O) groups is 2. The van der Waals surface area contributed by atoms with E-state index in [4.69, 9.17) is 14.2 Å². The fourth-order valence-electron chi connectivity index (χ4n) is 2.72. The van der Waals surface area contributed by atoms with Crippen LogP contribution in [0.15, 0.2) is 48.5 Å². The Balaban J connectivity index is 1.49. The second-order valence-corrected chi connectivity index (χ2v) is 6.10. The number of hydrogen-bond acceptors (Lipinski definition) is 5. The molecule has 142 valence electrons. The molecule has 0 aromatic heterocycles. The van der Waals surface area contributed by atoms with Gasteiger partial charge in [-0.1, -0.05) is 37.3 Å². The van der Waals surface area contributed by atoms with E-state index in [1.165, 1.54) is 0 Å². The number of rotatable bonds is 5. The van der Waals surface area contributed by atoms with Gasteiger partial charge in [0.05, 0.1) is 0 Å². The van der Waals surface area contributed by atoms with Crippen LogP contribution in [-0.4, -0.2) is 30.6 Å². The van der Waals surface area contributed by atoms with Crippen LogP contribution in [0.2, 0.25) is 0 Å². The molecule has 3 rings (SSSR count). The highest BCUT2D eigenvalue weighted by atomic mass is 16.6. The number of carbonyl (C=O) groups excluding carboxylic acids is 2. The molecule has 2 N–H and O–H groups in total. The first-order valence-corrected chi connectivity index (χ1v) is 8.80. The highest BCUT2D eigenvalue weighted by Gasteiger charge is 2.34. The van der Waals surface area contributed by atoms with Crippen molar-refractivity contribution in [1.29, 1.82) is 0 Å². The molecule has 0 bridgehead atoms. The summed E-state index contributed by atoms with van der Waals surface area (Å²) in [7, 11) is 0. The van der Waals surface area contributed by atoms with Gasteiger partial charge in [0, 0.05) is 0 Å². The lowest BCUT2D eigenvalue weighted by Crippen LogP contribution is -2.54. The topological polar surface area (TPSA) is 85.9 Å². The van der Waals surface area contributed by atoms with Gasteiger partial charge in [0.2, 0.25) is 6.10 Å². The highest BCUT2D eigenvalue weighted by Crippen LogP contribution is 2.33. The normalized spacial score (nSPS) is 17.7. The van der Waals surface area contributed by atoms with E-state index in [9.17, 15) is 9.59 Å². The third-order valence-electron chi connectivity index (χ3n) is 4.14. The maximum Gasteiger partial charge on any atom is 0.283 e. The van der Waals surface area contributed by atoms with E-state index >= 15 is 0 Å². The maximum absolute atomic E-state index is 12.3. The van der Waals surface area contributed by atoms with E-state index < -0.39 is 24.0 Å². The quantitative estimate of drug-likeness (QED) is 0.787. The SMILES string of the molecule is CCc1ccccc1OCC(=O)NNC(=O)C1Oc2ccccc2OC1C. The van der Waals surface area contributed by atoms with Crippen LogP contribution < -0.4 is 25.1 Å². The number of amides is 2. The van der Waals surface area contributed by atoms with E-state index in [0.717, 1.165) is 12.0 Å². The van der Waals surface area contributed by atoms with Crippen LogP contribution in [0.5, 0.6) is 17.2 Å². The van der Waals surface area contributed by atoms with Crippen molar-refractivity contribution in [3.05, 3.63) is 54.1 Å². The predicted octanol–water partition coefficient (Wildman–Crippen LogP) is 2.00. The number of ether oxygens (including phenoxy) is 3. The summed E-state index contributed by atoms with van der Waals surface area (Å²) in [5, 5.41) is 0. The Labute approximate surface area is 157 Å². The summed E-state index contributed by atoms with van der Waals surface area (Å²) in [6, 6.07) is 14.6. The molecule has 1 aliphatic heterocycles. The lowest BCUT2D eigenvalue weighted by atomic mass is 10.1. The number of nitrogens with one attached hydrogen (secondary N) is 2. The van der Waals surface area contributed by atoms with Gasteiger partial charge in [-0.2, -0.15) is 0 Å². The fraction of sp³-hybridized carbons (Fsp3) is 0.300. The standard InChI is InChI=1S/C20H22N2O5/c1-3-14-8-4-5-9-15(14)25-12-18(23)21-22-20(24)19-13(2)26-16-10-6-7-11-17(16)27-19/h4-11,13,19H,3,12H2,1-2H3,(H,21,23)(H,22,24). The van der Waals surface area contributed by atoms with Crippen molar-refractivity contribution in [3.63, 3.8) is 0 Å². The smallest absolute Gasteiger partial charge is 0.283 e. The average molecular weight is 370 g/mol. The molecule has 2 atom stereocenters. The predicted molar refractivity (Wildman–Crippen MR) is 98.5 cm³/mol. The van der Waals surface area contributed by atoms with Crippen LogP contribution >= 0.6 is 0 Å². The molecule has 1 aliphatic rings. The summed E-state index contributed by atoms with van der Waals surface area (Å²) in [6.45, 7) is 3.53. The number of benzene rings is 2. The zero-order valence-corrected chi connectivity index (χ0v) is 15.2. The summed E-state index contributed by atoms with van der Waals surface area (Å²) < 4.78 is 16.9. The Morgan fingerprint density at radius 3 is 2.41 bits per heavy atom. The van der Waals surface area contributed by atoms with Crippen molar-refractivity contribution in [2.45, 2.75) is 32.5 Å². The Kier molecular flexibility index (Phi) is 5.80. The molecule has 2 amide bonds. The molecular formula is C20H22N2O5. The first kappa shape index (κ1) is 18.6. The molecule has 7 nitrogen and oxygen atoms in total. The first-order chi connectivity index (χ1) is 13.1. The van der Waals surface area contributed by atoms with E-state index in [1.807, 2.05) is 31.2 Å². The lowest BCUT2D eigenvalue weighted by Gasteiger charge is -2.30. The second kappa shape index (κ2) is 8.44. The molecule has 0 saturated heterocycles. The van der Waals surface area contributed by atoms with E-state index in [-0.39, 0.29) is 6.61 Å². The van der Waals surface area contributed by atoms with E-state index in [1.54, 1.807) is 31.2 Å². The van der Waals surface area contributed by atoms with Crippen molar-refractivity contribution in [3.8, 4) is 17.2 Å². The number of fused-ring (bicyclic) bond motifs is 1. The zero-order chi connectivity index (χ0) is 19.2. The molecule has 0 spiro atoms. The Hall–Kier alpha value is -3.22. The van der Waals surface area contributed by atoms with Crippen molar-refractivity contribution in [2.24, 2.45) is 0 Å². The van der Waals surface area contributed by atoms with Gasteiger partial charge in [-0.15, -0.1) is 0 Å². The van der Waals surface area contributed by atoms with Crippen molar-refractivity contribution in [1.82, 2.24) is 10.9 Å². The van der Waals surface area contributed by atoms with Crippen LogP contribution in [-0.2, 0) is 16.0 Å². The molecule has 0 radical (unpaired) electrons. The summed E-state index contributed by atoms with van der Waals surface area (Å²) in [5.41, 5.74) is 5.70. The van der Waals surface area contributed by atoms with Crippen LogP contribution in [0.3, 0.4) is 0 Å². The summed E-state index contributed by atoms with van der Waals surface area (Å²) in [5.74, 6) is 0.747. The Bertz CT molecular complexity index is 824. The molecule has 0 fully saturated rings. The minimum atomic E-state index is -0.873. The largest absolute Gasteiger partial charge is 0.483 e. The Morgan fingerprint density at radius 1 is 1.00 bits per heavy atom. The summed E-state index contributed by atoms with van der Waals surface area (Å²) in [6.07, 6.45) is -0.571. The summed E-state index contributed by atoms with van der Waals surface area (Å²) in [4.78, 5) is 24.3. The van der Waals surface area contributed by atoms with E-state index in [0.29, 0.717) is 17.2 Å². The minimum absolute atomic E-state index is 0.211. The molecule has 7 heteroatoms. The van der Waals surface area contributed by atoms with Crippen LogP contribution in [0.1, 0.15) is 19.4 Å². The molecule has 0 saturated carbocycles. The van der Waals surface area contributed by atoms with Crippen LogP contribution in [0.4, 0.5) is 0 Å². The first-order valence-electron chi connectivity index (χ1n) is 8.80. The van der Waals surface area contributed by atoms with Crippen molar-refractivity contribution >= 4 is 11.8 Å². The number of hydrogen-bond donors (Lipinski definition) is 2. The summed E-state index contributed by atoms with van der Waals surface area (Å²) >= 11 is 0. The lowest BCUT2D eigenvalue weighted by molar-refractivity contribution is -0.138. The minimum Gasteiger partial charge on any atom is -0.483 e. The molecule has 2 aromatic rings. The molecule has 2 aromatic carbocycles. The van der Waals surface area contributed by atoms with Gasteiger partial charge in [0.25, 0.3) is 11.8 Å². The van der Waals surface area contributed by atoms with E-state index in [2.05, 4.69) is 10.9 Å². The van der Waals surface area contributed by atoms with Gasteiger partial charge in [-0.25, -0.2) is 0 Å². The molecule has 1 heterocycles. The zero-order valence-electron chi connectivity index (χ0n) is 15.2. The van der Waals surface area contributed by atoms with Crippen molar-refractivity contribution < 1.29 is 23.8 Å². The van der Waals surface area contributed by atoms with Crippen molar-refractivity contribution in [2.75, 3.05) is 6.61 Å². The number of aryl methyl sites for hydroxylation is 1. The van der Waals surface area contributed by atoms with Gasteiger partial charge >= 0.3 is 0 Å². The molecular weight excluding hydrogens is 348 g/mol. The third kappa shape index (κ3) is 4.49. The molecule has 0 aliphatic carbocycles. The number of para-hydroxylation sites is 3. The van der Waals surface area contributed by atoms with Gasteiger partial charge in [-0.3, -0.25) is 20.4 Å². The van der Waals surface area contributed by atoms with Crippen LogP contribution in [0, 0.1) is 0 Å². The monoisotopic (exact) mass is 370 g/mol.